The van der Waals surface area contributed by atoms with E-state index in [2.05, 4.69) is 12.2 Å². The normalized spacial score (nSPS) is 19.1. The highest BCUT2D eigenvalue weighted by molar-refractivity contribution is 5.97. The van der Waals surface area contributed by atoms with Crippen molar-refractivity contribution < 1.29 is 9.53 Å². The van der Waals surface area contributed by atoms with Crippen LogP contribution >= 0.6 is 0 Å². The van der Waals surface area contributed by atoms with E-state index in [1.165, 1.54) is 5.56 Å². The van der Waals surface area contributed by atoms with E-state index in [4.69, 9.17) is 4.74 Å². The summed E-state index contributed by atoms with van der Waals surface area (Å²) in [5.74, 6) is 0.733. The molecule has 3 heteroatoms. The first-order valence-electron chi connectivity index (χ1n) is 5.35. The molecule has 1 unspecified atom stereocenters. The third-order valence-corrected chi connectivity index (χ3v) is 2.64. The fraction of sp³-hybridized carbons (Fsp3) is 0.417. The SMILES string of the molecule is CCc1ccc2c(c1)NC(=O)C(CC)O2. The maximum absolute atomic E-state index is 11.6. The average Bonchev–Trinajstić information content (AvgIpc) is 2.27. The molecular formula is C12H15NO2. The average molecular weight is 205 g/mol. The van der Waals surface area contributed by atoms with Crippen LogP contribution in [0.3, 0.4) is 0 Å². The molecular weight excluding hydrogens is 190 g/mol. The number of amides is 1. The van der Waals surface area contributed by atoms with Crippen molar-refractivity contribution in [1.82, 2.24) is 0 Å². The topological polar surface area (TPSA) is 38.3 Å². The van der Waals surface area contributed by atoms with E-state index in [-0.39, 0.29) is 12.0 Å². The highest BCUT2D eigenvalue weighted by Gasteiger charge is 2.25. The predicted octanol–water partition coefficient (Wildman–Crippen LogP) is 2.36. The van der Waals surface area contributed by atoms with Crippen molar-refractivity contribution in [2.75, 3.05) is 5.32 Å². The molecule has 1 N–H and O–H groups in total. The number of carbonyl (C=O) groups excluding carboxylic acids is 1. The van der Waals surface area contributed by atoms with Crippen LogP contribution < -0.4 is 10.1 Å². The Labute approximate surface area is 89.4 Å². The van der Waals surface area contributed by atoms with Gasteiger partial charge in [-0.15, -0.1) is 0 Å². The molecule has 1 aromatic rings. The van der Waals surface area contributed by atoms with Crippen LogP contribution in [0, 0.1) is 0 Å². The Morgan fingerprint density at radius 1 is 1.40 bits per heavy atom. The molecule has 0 aromatic heterocycles. The van der Waals surface area contributed by atoms with Gasteiger partial charge in [0.15, 0.2) is 6.10 Å². The Kier molecular flexibility index (Phi) is 2.62. The number of hydrogen-bond donors (Lipinski definition) is 1. The molecule has 0 radical (unpaired) electrons. The van der Waals surface area contributed by atoms with Crippen molar-refractivity contribution in [1.29, 1.82) is 0 Å². The molecule has 80 valence electrons. The van der Waals surface area contributed by atoms with Gasteiger partial charge in [-0.2, -0.15) is 0 Å². The maximum atomic E-state index is 11.6. The van der Waals surface area contributed by atoms with E-state index < -0.39 is 0 Å². The van der Waals surface area contributed by atoms with E-state index in [1.54, 1.807) is 0 Å². The maximum Gasteiger partial charge on any atom is 0.265 e. The van der Waals surface area contributed by atoms with Crippen LogP contribution in [0.2, 0.25) is 0 Å². The standard InChI is InChI=1S/C12H15NO2/c1-3-8-5-6-11-9(7-8)13-12(14)10(4-2)15-11/h5-7,10H,3-4H2,1-2H3,(H,13,14). The smallest absolute Gasteiger partial charge is 0.265 e. The molecule has 0 fully saturated rings. The second-order valence-electron chi connectivity index (χ2n) is 3.69. The summed E-state index contributed by atoms with van der Waals surface area (Å²) in [6.07, 6.45) is 1.31. The highest BCUT2D eigenvalue weighted by Crippen LogP contribution is 2.31. The number of fused-ring (bicyclic) bond motifs is 1. The number of ether oxygens (including phenoxy) is 1. The zero-order valence-electron chi connectivity index (χ0n) is 9.04. The summed E-state index contributed by atoms with van der Waals surface area (Å²) in [5, 5.41) is 2.87. The fourth-order valence-corrected chi connectivity index (χ4v) is 1.69. The van der Waals surface area contributed by atoms with Gasteiger partial charge in [0.1, 0.15) is 5.75 Å². The van der Waals surface area contributed by atoms with E-state index >= 15 is 0 Å². The Balaban J connectivity index is 2.32. The van der Waals surface area contributed by atoms with Crippen LogP contribution in [0.15, 0.2) is 18.2 Å². The minimum atomic E-state index is -0.343. The summed E-state index contributed by atoms with van der Waals surface area (Å²) in [5.41, 5.74) is 2.00. The summed E-state index contributed by atoms with van der Waals surface area (Å²) >= 11 is 0. The summed E-state index contributed by atoms with van der Waals surface area (Å²) < 4.78 is 5.58. The second kappa shape index (κ2) is 3.93. The zero-order valence-corrected chi connectivity index (χ0v) is 9.04. The van der Waals surface area contributed by atoms with Crippen LogP contribution in [0.1, 0.15) is 25.8 Å². The van der Waals surface area contributed by atoms with Crippen LogP contribution in [0.5, 0.6) is 5.75 Å². The van der Waals surface area contributed by atoms with Crippen LogP contribution in [0.25, 0.3) is 0 Å². The highest BCUT2D eigenvalue weighted by atomic mass is 16.5. The number of nitrogens with one attached hydrogen (secondary N) is 1. The van der Waals surface area contributed by atoms with E-state index in [1.807, 2.05) is 25.1 Å². The van der Waals surface area contributed by atoms with Gasteiger partial charge in [-0.25, -0.2) is 0 Å². The first kappa shape index (κ1) is 10.0. The summed E-state index contributed by atoms with van der Waals surface area (Å²) in [4.78, 5) is 11.6. The molecule has 0 saturated heterocycles. The van der Waals surface area contributed by atoms with Crippen molar-refractivity contribution in [3.05, 3.63) is 23.8 Å². The van der Waals surface area contributed by atoms with Crippen molar-refractivity contribution in [2.45, 2.75) is 32.8 Å². The molecule has 1 heterocycles. The molecule has 15 heavy (non-hydrogen) atoms. The van der Waals surface area contributed by atoms with E-state index in [0.717, 1.165) is 17.9 Å². The third kappa shape index (κ3) is 1.82. The minimum Gasteiger partial charge on any atom is -0.478 e. The molecule has 3 nitrogen and oxygen atoms in total. The summed E-state index contributed by atoms with van der Waals surface area (Å²) in [6.45, 7) is 4.03. The van der Waals surface area contributed by atoms with Gasteiger partial charge in [-0.1, -0.05) is 19.9 Å². The van der Waals surface area contributed by atoms with Gasteiger partial charge in [0.25, 0.3) is 5.91 Å². The van der Waals surface area contributed by atoms with E-state index in [9.17, 15) is 4.79 Å². The van der Waals surface area contributed by atoms with Gasteiger partial charge in [0.2, 0.25) is 0 Å². The largest absolute Gasteiger partial charge is 0.478 e. The number of carbonyl (C=O) groups is 1. The molecule has 1 aliphatic heterocycles. The second-order valence-corrected chi connectivity index (χ2v) is 3.69. The van der Waals surface area contributed by atoms with Crippen LogP contribution in [-0.4, -0.2) is 12.0 Å². The number of aryl methyl sites for hydroxylation is 1. The van der Waals surface area contributed by atoms with Crippen molar-refractivity contribution in [2.24, 2.45) is 0 Å². The molecule has 1 amide bonds. The van der Waals surface area contributed by atoms with Crippen LogP contribution in [0.4, 0.5) is 5.69 Å². The lowest BCUT2D eigenvalue weighted by Gasteiger charge is -2.25. The van der Waals surface area contributed by atoms with Crippen LogP contribution in [-0.2, 0) is 11.2 Å². The molecule has 1 aliphatic rings. The fourth-order valence-electron chi connectivity index (χ4n) is 1.69. The van der Waals surface area contributed by atoms with Gasteiger partial charge >= 0.3 is 0 Å². The molecule has 0 bridgehead atoms. The quantitative estimate of drug-likeness (QED) is 0.804. The van der Waals surface area contributed by atoms with Crippen molar-refractivity contribution in [3.8, 4) is 5.75 Å². The molecule has 0 saturated carbocycles. The Hall–Kier alpha value is -1.51. The van der Waals surface area contributed by atoms with Gasteiger partial charge in [-0.05, 0) is 30.5 Å². The molecule has 0 spiro atoms. The van der Waals surface area contributed by atoms with Gasteiger partial charge < -0.3 is 10.1 Å². The number of anilines is 1. The van der Waals surface area contributed by atoms with Gasteiger partial charge in [-0.3, -0.25) is 4.79 Å². The lowest BCUT2D eigenvalue weighted by atomic mass is 10.1. The summed E-state index contributed by atoms with van der Waals surface area (Å²) in [6, 6.07) is 5.93. The Bertz CT molecular complexity index is 387. The molecule has 0 aliphatic carbocycles. The molecule has 1 atom stereocenters. The first-order chi connectivity index (χ1) is 7.24. The monoisotopic (exact) mass is 205 g/mol. The van der Waals surface area contributed by atoms with E-state index in [0.29, 0.717) is 6.42 Å². The predicted molar refractivity (Wildman–Crippen MR) is 59.2 cm³/mol. The number of hydrogen-bond acceptors (Lipinski definition) is 2. The van der Waals surface area contributed by atoms with Crippen molar-refractivity contribution >= 4 is 11.6 Å². The minimum absolute atomic E-state index is 0.0433. The third-order valence-electron chi connectivity index (χ3n) is 2.64. The molecule has 1 aromatic carbocycles. The summed E-state index contributed by atoms with van der Waals surface area (Å²) in [7, 11) is 0. The number of benzene rings is 1. The number of rotatable bonds is 2. The molecule has 2 rings (SSSR count). The van der Waals surface area contributed by atoms with Gasteiger partial charge in [0.05, 0.1) is 5.69 Å². The first-order valence-corrected chi connectivity index (χ1v) is 5.35. The Morgan fingerprint density at radius 2 is 2.20 bits per heavy atom. The van der Waals surface area contributed by atoms with Gasteiger partial charge in [0, 0.05) is 0 Å². The Morgan fingerprint density at radius 3 is 2.87 bits per heavy atom. The lowest BCUT2D eigenvalue weighted by molar-refractivity contribution is -0.123. The lowest BCUT2D eigenvalue weighted by Crippen LogP contribution is -2.36. The zero-order chi connectivity index (χ0) is 10.8. The van der Waals surface area contributed by atoms with Crippen molar-refractivity contribution in [3.63, 3.8) is 0 Å².